The molecular formula is C24H25NO6. The molecule has 1 aromatic heterocycles. The number of rotatable bonds is 7. The minimum Gasteiger partial charge on any atom is -0.493 e. The van der Waals surface area contributed by atoms with E-state index in [0.29, 0.717) is 47.3 Å². The van der Waals surface area contributed by atoms with E-state index < -0.39 is 0 Å². The molecule has 0 radical (unpaired) electrons. The van der Waals surface area contributed by atoms with Crippen molar-refractivity contribution in [2.45, 2.75) is 0 Å². The second kappa shape index (κ2) is 9.14. The molecule has 31 heavy (non-hydrogen) atoms. The summed E-state index contributed by atoms with van der Waals surface area (Å²) in [5.41, 5.74) is 2.71. The Labute approximate surface area is 181 Å². The third-order valence-corrected chi connectivity index (χ3v) is 5.33. The first-order valence-corrected chi connectivity index (χ1v) is 10.0. The molecule has 0 atom stereocenters. The van der Waals surface area contributed by atoms with Crippen LogP contribution in [-0.2, 0) is 4.74 Å². The number of nitrogens with zero attached hydrogens (tertiary/aromatic N) is 1. The van der Waals surface area contributed by atoms with Crippen molar-refractivity contribution in [2.75, 3.05) is 52.5 Å². The number of carbonyl (C=O) groups excluding carboxylic acids is 1. The van der Waals surface area contributed by atoms with Gasteiger partial charge in [-0.05, 0) is 42.5 Å². The minimum atomic E-state index is -0.144. The number of ketones is 1. The van der Waals surface area contributed by atoms with Gasteiger partial charge in [-0.2, -0.15) is 0 Å². The molecule has 1 aliphatic rings. The van der Waals surface area contributed by atoms with E-state index >= 15 is 0 Å². The summed E-state index contributed by atoms with van der Waals surface area (Å²) in [6, 6.07) is 12.8. The summed E-state index contributed by atoms with van der Waals surface area (Å²) in [5, 5.41) is 0. The fourth-order valence-corrected chi connectivity index (χ4v) is 3.76. The first kappa shape index (κ1) is 20.8. The molecule has 0 unspecified atom stereocenters. The normalized spacial score (nSPS) is 13.7. The van der Waals surface area contributed by atoms with Crippen molar-refractivity contribution in [2.24, 2.45) is 0 Å². The quantitative estimate of drug-likeness (QED) is 0.531. The molecule has 3 aromatic rings. The van der Waals surface area contributed by atoms with E-state index in [4.69, 9.17) is 23.4 Å². The smallest absolute Gasteiger partial charge is 0.203 e. The Hall–Kier alpha value is -3.45. The summed E-state index contributed by atoms with van der Waals surface area (Å²) in [7, 11) is 4.59. The van der Waals surface area contributed by atoms with Gasteiger partial charge in [0, 0.05) is 35.5 Å². The zero-order valence-corrected chi connectivity index (χ0v) is 17.8. The number of furan rings is 1. The molecule has 0 spiro atoms. The standard InChI is InChI=1S/C24H25NO6/c1-27-21-14-17(15-22(28-2)24(21)29-3)23(26)18-13-16(20-5-4-10-31-20)6-7-19(18)25-8-11-30-12-9-25/h4-7,10,13-15H,8-9,11-12H2,1-3H3. The first-order valence-electron chi connectivity index (χ1n) is 10.0. The number of carbonyl (C=O) groups is 1. The van der Waals surface area contributed by atoms with Crippen molar-refractivity contribution >= 4 is 11.5 Å². The van der Waals surface area contributed by atoms with Gasteiger partial charge in [0.25, 0.3) is 0 Å². The Morgan fingerprint density at radius 2 is 1.65 bits per heavy atom. The SMILES string of the molecule is COc1cc(C(=O)c2cc(-c3ccco3)ccc2N2CCOCC2)cc(OC)c1OC. The highest BCUT2D eigenvalue weighted by atomic mass is 16.5. The van der Waals surface area contributed by atoms with Gasteiger partial charge in [-0.3, -0.25) is 4.79 Å². The van der Waals surface area contributed by atoms with E-state index in [1.807, 2.05) is 30.3 Å². The lowest BCUT2D eigenvalue weighted by Crippen LogP contribution is -2.37. The molecule has 162 valence electrons. The van der Waals surface area contributed by atoms with Gasteiger partial charge in [0.15, 0.2) is 17.3 Å². The third-order valence-electron chi connectivity index (χ3n) is 5.33. The predicted octanol–water partition coefficient (Wildman–Crippen LogP) is 4.04. The lowest BCUT2D eigenvalue weighted by atomic mass is 9.97. The maximum absolute atomic E-state index is 13.7. The van der Waals surface area contributed by atoms with E-state index in [2.05, 4.69) is 4.90 Å². The van der Waals surface area contributed by atoms with Gasteiger partial charge in [-0.25, -0.2) is 0 Å². The molecule has 7 heteroatoms. The van der Waals surface area contributed by atoms with Crippen LogP contribution in [0.25, 0.3) is 11.3 Å². The van der Waals surface area contributed by atoms with Crippen molar-refractivity contribution < 1.29 is 28.2 Å². The van der Waals surface area contributed by atoms with Gasteiger partial charge in [-0.15, -0.1) is 0 Å². The highest BCUT2D eigenvalue weighted by Gasteiger charge is 2.24. The summed E-state index contributed by atoms with van der Waals surface area (Å²) in [5.74, 6) is 1.86. The summed E-state index contributed by atoms with van der Waals surface area (Å²) >= 11 is 0. The number of ether oxygens (including phenoxy) is 4. The first-order chi connectivity index (χ1) is 15.2. The molecule has 2 aromatic carbocycles. The maximum Gasteiger partial charge on any atom is 0.203 e. The summed E-state index contributed by atoms with van der Waals surface area (Å²) in [6.45, 7) is 2.68. The van der Waals surface area contributed by atoms with Crippen LogP contribution in [-0.4, -0.2) is 53.4 Å². The lowest BCUT2D eigenvalue weighted by molar-refractivity contribution is 0.103. The number of morpholine rings is 1. The number of anilines is 1. The van der Waals surface area contributed by atoms with Crippen LogP contribution < -0.4 is 19.1 Å². The Morgan fingerprint density at radius 3 is 2.23 bits per heavy atom. The van der Waals surface area contributed by atoms with Crippen LogP contribution in [0.2, 0.25) is 0 Å². The van der Waals surface area contributed by atoms with Crippen LogP contribution in [0.3, 0.4) is 0 Å². The second-order valence-corrected chi connectivity index (χ2v) is 7.05. The van der Waals surface area contributed by atoms with Crippen LogP contribution in [0, 0.1) is 0 Å². The van der Waals surface area contributed by atoms with E-state index in [9.17, 15) is 4.79 Å². The second-order valence-electron chi connectivity index (χ2n) is 7.05. The lowest BCUT2D eigenvalue weighted by Gasteiger charge is -2.30. The van der Waals surface area contributed by atoms with Gasteiger partial charge >= 0.3 is 0 Å². The molecule has 2 heterocycles. The van der Waals surface area contributed by atoms with Crippen molar-refractivity contribution in [3.8, 4) is 28.6 Å². The molecule has 0 saturated carbocycles. The topological polar surface area (TPSA) is 70.4 Å². The molecule has 7 nitrogen and oxygen atoms in total. The predicted molar refractivity (Wildman–Crippen MR) is 117 cm³/mol. The molecule has 0 N–H and O–H groups in total. The van der Waals surface area contributed by atoms with E-state index in [0.717, 1.165) is 24.3 Å². The average Bonchev–Trinajstić information content (AvgIpc) is 3.38. The largest absolute Gasteiger partial charge is 0.493 e. The van der Waals surface area contributed by atoms with E-state index in [-0.39, 0.29) is 5.78 Å². The molecular weight excluding hydrogens is 398 g/mol. The van der Waals surface area contributed by atoms with E-state index in [1.54, 1.807) is 18.4 Å². The van der Waals surface area contributed by atoms with Gasteiger partial charge in [-0.1, -0.05) is 0 Å². The molecule has 0 aliphatic carbocycles. The number of methoxy groups -OCH3 is 3. The molecule has 1 aliphatic heterocycles. The number of benzene rings is 2. The van der Waals surface area contributed by atoms with Crippen molar-refractivity contribution in [3.05, 3.63) is 59.9 Å². The molecule has 4 rings (SSSR count). The highest BCUT2D eigenvalue weighted by Crippen LogP contribution is 2.39. The molecule has 0 bridgehead atoms. The Balaban J connectivity index is 1.83. The Morgan fingerprint density at radius 1 is 0.935 bits per heavy atom. The van der Waals surface area contributed by atoms with Gasteiger partial charge < -0.3 is 28.3 Å². The van der Waals surface area contributed by atoms with Crippen LogP contribution in [0.1, 0.15) is 15.9 Å². The number of hydrogen-bond donors (Lipinski definition) is 0. The molecule has 1 saturated heterocycles. The maximum atomic E-state index is 13.7. The molecule has 0 amide bonds. The molecule has 1 fully saturated rings. The zero-order valence-electron chi connectivity index (χ0n) is 17.8. The fraction of sp³-hybridized carbons (Fsp3) is 0.292. The van der Waals surface area contributed by atoms with Crippen molar-refractivity contribution in [1.29, 1.82) is 0 Å². The van der Waals surface area contributed by atoms with Gasteiger partial charge in [0.05, 0.1) is 40.8 Å². The van der Waals surface area contributed by atoms with Crippen LogP contribution in [0.5, 0.6) is 17.2 Å². The monoisotopic (exact) mass is 423 g/mol. The zero-order chi connectivity index (χ0) is 21.8. The average molecular weight is 423 g/mol. The summed E-state index contributed by atoms with van der Waals surface area (Å²) in [6.07, 6.45) is 1.62. The summed E-state index contributed by atoms with van der Waals surface area (Å²) < 4.78 is 27.3. The van der Waals surface area contributed by atoms with Crippen LogP contribution >= 0.6 is 0 Å². The van der Waals surface area contributed by atoms with Gasteiger partial charge in [0.2, 0.25) is 5.75 Å². The van der Waals surface area contributed by atoms with E-state index in [1.165, 1.54) is 21.3 Å². The van der Waals surface area contributed by atoms with Crippen molar-refractivity contribution in [3.63, 3.8) is 0 Å². The fourth-order valence-electron chi connectivity index (χ4n) is 3.76. The Bertz CT molecular complexity index is 1030. The van der Waals surface area contributed by atoms with Crippen molar-refractivity contribution in [1.82, 2.24) is 0 Å². The van der Waals surface area contributed by atoms with Crippen LogP contribution in [0.15, 0.2) is 53.1 Å². The number of hydrogen-bond acceptors (Lipinski definition) is 7. The van der Waals surface area contributed by atoms with Crippen LogP contribution in [0.4, 0.5) is 5.69 Å². The third kappa shape index (κ3) is 4.09. The minimum absolute atomic E-state index is 0.144. The van der Waals surface area contributed by atoms with Gasteiger partial charge in [0.1, 0.15) is 5.76 Å². The highest BCUT2D eigenvalue weighted by molar-refractivity contribution is 6.13. The summed E-state index contributed by atoms with van der Waals surface area (Å²) in [4.78, 5) is 15.9. The Kier molecular flexibility index (Phi) is 6.13.